The molecule has 0 aliphatic heterocycles. The highest BCUT2D eigenvalue weighted by Crippen LogP contribution is 2.26. The van der Waals surface area contributed by atoms with Gasteiger partial charge in [-0.2, -0.15) is 13.2 Å². The van der Waals surface area contributed by atoms with E-state index in [1.807, 2.05) is 18.7 Å². The lowest BCUT2D eigenvalue weighted by Crippen LogP contribution is -2.24. The van der Waals surface area contributed by atoms with Crippen LogP contribution in [0.4, 0.5) is 13.2 Å². The zero-order valence-electron chi connectivity index (χ0n) is 10.5. The Kier molecular flexibility index (Phi) is 4.82. The zero-order chi connectivity index (χ0) is 14.6. The quantitative estimate of drug-likeness (QED) is 0.892. The number of rotatable bonds is 5. The van der Waals surface area contributed by atoms with E-state index < -0.39 is 23.7 Å². The van der Waals surface area contributed by atoms with Crippen molar-refractivity contribution in [3.8, 4) is 0 Å². The minimum Gasteiger partial charge on any atom is -0.477 e. The van der Waals surface area contributed by atoms with Crippen molar-refractivity contribution in [2.75, 3.05) is 13.1 Å². The minimum atomic E-state index is -4.76. The molecule has 0 spiro atoms. The Balaban J connectivity index is 3.17. The first-order chi connectivity index (χ1) is 8.77. The van der Waals surface area contributed by atoms with Crippen LogP contribution in [0.25, 0.3) is 0 Å². The van der Waals surface area contributed by atoms with Gasteiger partial charge >= 0.3 is 12.1 Å². The molecule has 1 rings (SSSR count). The zero-order valence-corrected chi connectivity index (χ0v) is 10.5. The third-order valence-corrected chi connectivity index (χ3v) is 2.53. The topological polar surface area (TPSA) is 66.3 Å². The van der Waals surface area contributed by atoms with Gasteiger partial charge in [0.1, 0.15) is 0 Å². The van der Waals surface area contributed by atoms with Crippen LogP contribution in [0.3, 0.4) is 0 Å². The maximum Gasteiger partial charge on any atom is 0.451 e. The van der Waals surface area contributed by atoms with Gasteiger partial charge in [-0.25, -0.2) is 14.8 Å². The van der Waals surface area contributed by atoms with Gasteiger partial charge in [0, 0.05) is 6.54 Å². The summed E-state index contributed by atoms with van der Waals surface area (Å²) < 4.78 is 37.7. The molecule has 0 atom stereocenters. The molecule has 0 saturated heterocycles. The molecule has 5 nitrogen and oxygen atoms in total. The largest absolute Gasteiger partial charge is 0.477 e. The van der Waals surface area contributed by atoms with Crippen LogP contribution >= 0.6 is 0 Å². The van der Waals surface area contributed by atoms with Gasteiger partial charge in [-0.15, -0.1) is 0 Å². The first kappa shape index (κ1) is 15.4. The Hall–Kier alpha value is -1.70. The van der Waals surface area contributed by atoms with Crippen molar-refractivity contribution < 1.29 is 23.1 Å². The van der Waals surface area contributed by atoms with Gasteiger partial charge in [0.2, 0.25) is 5.82 Å². The summed E-state index contributed by atoms with van der Waals surface area (Å²) in [4.78, 5) is 19.0. The van der Waals surface area contributed by atoms with Crippen molar-refractivity contribution in [2.45, 2.75) is 26.6 Å². The SMILES string of the molecule is CCN(CC)Cc1cc(C(=O)O)nc(C(F)(F)F)n1. The van der Waals surface area contributed by atoms with Crippen molar-refractivity contribution in [1.29, 1.82) is 0 Å². The van der Waals surface area contributed by atoms with Crippen LogP contribution in [-0.4, -0.2) is 39.0 Å². The Morgan fingerprint density at radius 3 is 2.32 bits per heavy atom. The molecule has 1 aromatic heterocycles. The highest BCUT2D eigenvalue weighted by molar-refractivity contribution is 5.85. The third-order valence-electron chi connectivity index (χ3n) is 2.53. The molecule has 1 heterocycles. The van der Waals surface area contributed by atoms with Gasteiger partial charge in [0.25, 0.3) is 0 Å². The number of carbonyl (C=O) groups is 1. The number of aromatic nitrogens is 2. The van der Waals surface area contributed by atoms with Crippen molar-refractivity contribution >= 4 is 5.97 Å². The number of hydrogen-bond donors (Lipinski definition) is 1. The summed E-state index contributed by atoms with van der Waals surface area (Å²) in [5.41, 5.74) is -0.604. The molecule has 8 heteroatoms. The van der Waals surface area contributed by atoms with E-state index in [1.165, 1.54) is 0 Å². The second-order valence-corrected chi connectivity index (χ2v) is 3.83. The number of aromatic carboxylic acids is 1. The van der Waals surface area contributed by atoms with Gasteiger partial charge in [0.05, 0.1) is 5.69 Å². The van der Waals surface area contributed by atoms with Crippen molar-refractivity contribution in [3.05, 3.63) is 23.3 Å². The Morgan fingerprint density at radius 1 is 1.32 bits per heavy atom. The number of hydrogen-bond acceptors (Lipinski definition) is 4. The lowest BCUT2D eigenvalue weighted by Gasteiger charge is -2.18. The van der Waals surface area contributed by atoms with Crippen LogP contribution in [0.5, 0.6) is 0 Å². The minimum absolute atomic E-state index is 0.0448. The molecule has 106 valence electrons. The second kappa shape index (κ2) is 5.96. The predicted molar refractivity (Wildman–Crippen MR) is 60.6 cm³/mol. The average Bonchev–Trinajstić information content (AvgIpc) is 2.34. The van der Waals surface area contributed by atoms with Crippen LogP contribution in [-0.2, 0) is 12.7 Å². The van der Waals surface area contributed by atoms with Gasteiger partial charge in [-0.05, 0) is 19.2 Å². The number of halogens is 3. The number of carboxylic acids is 1. The van der Waals surface area contributed by atoms with Crippen LogP contribution in [0.1, 0.15) is 35.9 Å². The van der Waals surface area contributed by atoms with Crippen LogP contribution in [0.15, 0.2) is 6.07 Å². The number of carboxylic acid groups (broad SMARTS) is 1. The normalized spacial score (nSPS) is 11.9. The van der Waals surface area contributed by atoms with E-state index >= 15 is 0 Å². The highest BCUT2D eigenvalue weighted by atomic mass is 19.4. The summed E-state index contributed by atoms with van der Waals surface area (Å²) in [6.45, 7) is 5.12. The van der Waals surface area contributed by atoms with E-state index in [9.17, 15) is 18.0 Å². The molecule has 0 fully saturated rings. The van der Waals surface area contributed by atoms with Gasteiger partial charge in [-0.1, -0.05) is 13.8 Å². The van der Waals surface area contributed by atoms with E-state index in [0.29, 0.717) is 13.1 Å². The van der Waals surface area contributed by atoms with Crippen molar-refractivity contribution in [1.82, 2.24) is 14.9 Å². The molecule has 0 aliphatic carbocycles. The third kappa shape index (κ3) is 4.16. The van der Waals surface area contributed by atoms with Crippen LogP contribution in [0.2, 0.25) is 0 Å². The molecule has 0 unspecified atom stereocenters. The molecular formula is C11H14F3N3O2. The highest BCUT2D eigenvalue weighted by Gasteiger charge is 2.36. The Labute approximate surface area is 108 Å². The predicted octanol–water partition coefficient (Wildman–Crippen LogP) is 2.04. The lowest BCUT2D eigenvalue weighted by atomic mass is 10.3. The van der Waals surface area contributed by atoms with E-state index in [-0.39, 0.29) is 12.2 Å². The fourth-order valence-electron chi connectivity index (χ4n) is 1.49. The maximum absolute atomic E-state index is 12.6. The first-order valence-corrected chi connectivity index (χ1v) is 5.68. The van der Waals surface area contributed by atoms with Crippen LogP contribution in [0, 0.1) is 0 Å². The fourth-order valence-corrected chi connectivity index (χ4v) is 1.49. The second-order valence-electron chi connectivity index (χ2n) is 3.83. The molecule has 0 saturated carbocycles. The van der Waals surface area contributed by atoms with E-state index in [1.54, 1.807) is 0 Å². The summed E-state index contributed by atoms with van der Waals surface area (Å²) in [7, 11) is 0. The summed E-state index contributed by atoms with van der Waals surface area (Å²) in [6.07, 6.45) is -4.76. The molecule has 1 N–H and O–H groups in total. The number of alkyl halides is 3. The molecular weight excluding hydrogens is 263 g/mol. The fraction of sp³-hybridized carbons (Fsp3) is 0.545. The number of nitrogens with zero attached hydrogens (tertiary/aromatic N) is 3. The maximum atomic E-state index is 12.6. The molecule has 0 amide bonds. The van der Waals surface area contributed by atoms with E-state index in [4.69, 9.17) is 5.11 Å². The molecule has 0 radical (unpaired) electrons. The summed E-state index contributed by atoms with van der Waals surface area (Å²) in [5, 5.41) is 8.78. The Bertz CT molecular complexity index is 459. The summed E-state index contributed by atoms with van der Waals surface area (Å²) in [5.74, 6) is -2.93. The summed E-state index contributed by atoms with van der Waals surface area (Å²) >= 11 is 0. The average molecular weight is 277 g/mol. The van der Waals surface area contributed by atoms with Gasteiger partial charge < -0.3 is 5.11 Å². The first-order valence-electron chi connectivity index (χ1n) is 5.68. The van der Waals surface area contributed by atoms with Crippen molar-refractivity contribution in [3.63, 3.8) is 0 Å². The van der Waals surface area contributed by atoms with E-state index in [2.05, 4.69) is 9.97 Å². The lowest BCUT2D eigenvalue weighted by molar-refractivity contribution is -0.145. The standard InChI is InChI=1S/C11H14F3N3O2/c1-3-17(4-2)6-7-5-8(9(18)19)16-10(15-7)11(12,13)14/h5H,3-4,6H2,1-2H3,(H,18,19). The van der Waals surface area contributed by atoms with Gasteiger partial charge in [0.15, 0.2) is 5.69 Å². The van der Waals surface area contributed by atoms with E-state index in [0.717, 1.165) is 6.07 Å². The molecule has 19 heavy (non-hydrogen) atoms. The molecule has 1 aromatic rings. The van der Waals surface area contributed by atoms with Crippen molar-refractivity contribution in [2.24, 2.45) is 0 Å². The van der Waals surface area contributed by atoms with Crippen LogP contribution < -0.4 is 0 Å². The molecule has 0 aliphatic rings. The smallest absolute Gasteiger partial charge is 0.451 e. The summed E-state index contributed by atoms with van der Waals surface area (Å²) in [6, 6.07) is 1.07. The Morgan fingerprint density at radius 2 is 1.89 bits per heavy atom. The molecule has 0 aromatic carbocycles. The monoisotopic (exact) mass is 277 g/mol. The molecule has 0 bridgehead atoms. The van der Waals surface area contributed by atoms with Gasteiger partial charge in [-0.3, -0.25) is 4.90 Å².